The van der Waals surface area contributed by atoms with Gasteiger partial charge in [0.2, 0.25) is 0 Å². The number of fused-ring (bicyclic) bond motifs is 1. The van der Waals surface area contributed by atoms with Crippen molar-refractivity contribution in [2.45, 2.75) is 27.7 Å². The number of nitrogens with one attached hydrogen (secondary N) is 1. The second-order valence-electron chi connectivity index (χ2n) is 5.41. The van der Waals surface area contributed by atoms with E-state index in [4.69, 9.17) is 12.8 Å². The molecule has 1 N–H and O–H groups in total. The molecule has 0 fully saturated rings. The molecule has 0 aliphatic heterocycles. The van der Waals surface area contributed by atoms with E-state index < -0.39 is 0 Å². The van der Waals surface area contributed by atoms with E-state index in [1.807, 2.05) is 13.8 Å². The SMILES string of the molecule is C#CC#Cc1c(C)c(C)c(C#CC#CC#CC)c2[nH]c(C#C)c(C#CC)c12. The van der Waals surface area contributed by atoms with E-state index in [-0.39, 0.29) is 0 Å². The summed E-state index contributed by atoms with van der Waals surface area (Å²) in [6, 6.07) is 0. The zero-order valence-electron chi connectivity index (χ0n) is 15.7. The first-order chi connectivity index (χ1) is 13.1. The summed E-state index contributed by atoms with van der Waals surface area (Å²) in [5.74, 6) is 33.5. The summed E-state index contributed by atoms with van der Waals surface area (Å²) >= 11 is 0. The summed E-state index contributed by atoms with van der Waals surface area (Å²) in [5.41, 5.74) is 5.71. The number of terminal acetylenes is 2. The number of aromatic nitrogens is 1. The van der Waals surface area contributed by atoms with Crippen LogP contribution < -0.4 is 0 Å². The van der Waals surface area contributed by atoms with Crippen molar-refractivity contribution in [1.29, 1.82) is 0 Å². The smallest absolute Gasteiger partial charge is 0.106 e. The third-order valence-electron chi connectivity index (χ3n) is 3.97. The van der Waals surface area contributed by atoms with Crippen LogP contribution in [0.5, 0.6) is 0 Å². The maximum absolute atomic E-state index is 5.69. The minimum atomic E-state index is 0.596. The maximum atomic E-state index is 5.69. The number of aromatic amines is 1. The number of rotatable bonds is 0. The van der Waals surface area contributed by atoms with Crippen LogP contribution in [0.3, 0.4) is 0 Å². The molecule has 1 aromatic heterocycles. The van der Waals surface area contributed by atoms with Gasteiger partial charge in [-0.2, -0.15) is 0 Å². The predicted octanol–water partition coefficient (Wildman–Crippen LogP) is 3.50. The van der Waals surface area contributed by atoms with Gasteiger partial charge in [-0.05, 0) is 74.3 Å². The van der Waals surface area contributed by atoms with Gasteiger partial charge in [0.05, 0.1) is 16.6 Å². The standard InChI is InChI=1S/C26H15N/c1-7-11-13-14-15-18-22-20(6)19(5)21(17-12-8-2)25-23(16-9-3)24(10-4)27-26(22)25/h2,4,27H,1,3,5-6H3. The van der Waals surface area contributed by atoms with Crippen LogP contribution in [-0.2, 0) is 0 Å². The Bertz CT molecular complexity index is 1340. The van der Waals surface area contributed by atoms with Crippen LogP contribution in [0.15, 0.2) is 0 Å². The van der Waals surface area contributed by atoms with Crippen molar-refractivity contribution in [2.75, 3.05) is 0 Å². The number of benzene rings is 1. The normalized spacial score (nSPS) is 7.93. The zero-order valence-corrected chi connectivity index (χ0v) is 15.7. The summed E-state index contributed by atoms with van der Waals surface area (Å²) < 4.78 is 0. The number of hydrogen-bond donors (Lipinski definition) is 1. The lowest BCUT2D eigenvalue weighted by molar-refractivity contribution is 1.31. The van der Waals surface area contributed by atoms with Crippen molar-refractivity contribution in [3.63, 3.8) is 0 Å². The molecule has 0 radical (unpaired) electrons. The second kappa shape index (κ2) is 8.68. The summed E-state index contributed by atoms with van der Waals surface area (Å²) in [7, 11) is 0. The Morgan fingerprint density at radius 3 is 2.00 bits per heavy atom. The van der Waals surface area contributed by atoms with E-state index in [0.29, 0.717) is 5.69 Å². The Labute approximate surface area is 161 Å². The van der Waals surface area contributed by atoms with Gasteiger partial charge in [-0.15, -0.1) is 18.8 Å². The van der Waals surface area contributed by atoms with Crippen LogP contribution in [-0.4, -0.2) is 4.98 Å². The first kappa shape index (κ1) is 19.0. The van der Waals surface area contributed by atoms with E-state index in [1.165, 1.54) is 0 Å². The van der Waals surface area contributed by atoms with Crippen LogP contribution in [0, 0.1) is 97.7 Å². The Hall–Kier alpha value is -4.32. The van der Waals surface area contributed by atoms with Gasteiger partial charge in [0, 0.05) is 10.9 Å². The minimum Gasteiger partial charge on any atom is -0.346 e. The fraction of sp³-hybridized carbons (Fsp3) is 0.154. The van der Waals surface area contributed by atoms with Gasteiger partial charge in [0.15, 0.2) is 0 Å². The van der Waals surface area contributed by atoms with Gasteiger partial charge >= 0.3 is 0 Å². The van der Waals surface area contributed by atoms with Crippen LogP contribution in [0.1, 0.15) is 47.4 Å². The molecule has 0 saturated carbocycles. The Balaban J connectivity index is 3.03. The van der Waals surface area contributed by atoms with E-state index in [9.17, 15) is 0 Å². The van der Waals surface area contributed by atoms with E-state index in [0.717, 1.165) is 38.7 Å². The van der Waals surface area contributed by atoms with Crippen molar-refractivity contribution in [3.8, 4) is 83.9 Å². The highest BCUT2D eigenvalue weighted by atomic mass is 14.7. The average molecular weight is 341 g/mol. The molecule has 0 aliphatic carbocycles. The maximum Gasteiger partial charge on any atom is 0.106 e. The first-order valence-corrected chi connectivity index (χ1v) is 8.08. The molecule has 0 saturated heterocycles. The highest BCUT2D eigenvalue weighted by Crippen LogP contribution is 2.32. The number of H-pyrrole nitrogens is 1. The van der Waals surface area contributed by atoms with Gasteiger partial charge in [-0.3, -0.25) is 0 Å². The van der Waals surface area contributed by atoms with E-state index in [2.05, 4.69) is 76.0 Å². The van der Waals surface area contributed by atoms with Crippen molar-refractivity contribution in [3.05, 3.63) is 33.5 Å². The van der Waals surface area contributed by atoms with Gasteiger partial charge in [0.1, 0.15) is 5.69 Å². The lowest BCUT2D eigenvalue weighted by atomic mass is 9.92. The van der Waals surface area contributed by atoms with Gasteiger partial charge < -0.3 is 4.98 Å². The molecule has 1 aromatic carbocycles. The molecule has 1 heteroatoms. The molecule has 0 amide bonds. The molecule has 0 bridgehead atoms. The molecule has 0 spiro atoms. The summed E-state index contributed by atoms with van der Waals surface area (Å²) in [4.78, 5) is 3.27. The second-order valence-corrected chi connectivity index (χ2v) is 5.41. The van der Waals surface area contributed by atoms with E-state index in [1.54, 1.807) is 13.8 Å². The summed E-state index contributed by atoms with van der Waals surface area (Å²) in [6.07, 6.45) is 11.0. The fourth-order valence-electron chi connectivity index (χ4n) is 2.68. The molecule has 2 rings (SSSR count). The summed E-state index contributed by atoms with van der Waals surface area (Å²) in [5, 5.41) is 0.841. The zero-order chi connectivity index (χ0) is 19.8. The monoisotopic (exact) mass is 341 g/mol. The van der Waals surface area contributed by atoms with Crippen LogP contribution in [0.4, 0.5) is 0 Å². The predicted molar refractivity (Wildman–Crippen MR) is 112 cm³/mol. The minimum absolute atomic E-state index is 0.596. The highest BCUT2D eigenvalue weighted by Gasteiger charge is 2.19. The van der Waals surface area contributed by atoms with Crippen LogP contribution in [0.2, 0.25) is 0 Å². The fourth-order valence-corrected chi connectivity index (χ4v) is 2.68. The van der Waals surface area contributed by atoms with Crippen LogP contribution in [0.25, 0.3) is 10.9 Å². The van der Waals surface area contributed by atoms with E-state index >= 15 is 0 Å². The molecule has 0 aliphatic rings. The molecule has 1 nitrogen and oxygen atoms in total. The first-order valence-electron chi connectivity index (χ1n) is 8.08. The van der Waals surface area contributed by atoms with Gasteiger partial charge in [0.25, 0.3) is 0 Å². The topological polar surface area (TPSA) is 15.8 Å². The van der Waals surface area contributed by atoms with Crippen molar-refractivity contribution >= 4 is 10.9 Å². The quantitative estimate of drug-likeness (QED) is 0.706. The molecule has 2 aromatic rings. The molecule has 1 heterocycles. The lowest BCUT2D eigenvalue weighted by Crippen LogP contribution is -1.95. The highest BCUT2D eigenvalue weighted by molar-refractivity contribution is 5.99. The van der Waals surface area contributed by atoms with Gasteiger partial charge in [-0.25, -0.2) is 0 Å². The third kappa shape index (κ3) is 3.69. The van der Waals surface area contributed by atoms with Crippen molar-refractivity contribution < 1.29 is 0 Å². The Kier molecular flexibility index (Phi) is 6.11. The molecule has 27 heavy (non-hydrogen) atoms. The largest absolute Gasteiger partial charge is 0.346 e. The molecule has 0 atom stereocenters. The third-order valence-corrected chi connectivity index (χ3v) is 3.97. The Morgan fingerprint density at radius 1 is 0.704 bits per heavy atom. The molecular formula is C26H15N. The van der Waals surface area contributed by atoms with Gasteiger partial charge in [-0.1, -0.05) is 29.6 Å². The van der Waals surface area contributed by atoms with Crippen molar-refractivity contribution in [1.82, 2.24) is 4.98 Å². The summed E-state index contributed by atoms with van der Waals surface area (Å²) in [6.45, 7) is 7.46. The average Bonchev–Trinajstić information content (AvgIpc) is 3.02. The van der Waals surface area contributed by atoms with Crippen LogP contribution >= 0.6 is 0 Å². The molecule has 124 valence electrons. The Morgan fingerprint density at radius 2 is 1.37 bits per heavy atom. The molecule has 0 unspecified atom stereocenters. The van der Waals surface area contributed by atoms with Crippen molar-refractivity contribution in [2.24, 2.45) is 0 Å². The number of hydrogen-bond acceptors (Lipinski definition) is 0. The lowest BCUT2D eigenvalue weighted by Gasteiger charge is -2.09. The molecular weight excluding hydrogens is 326 g/mol.